The van der Waals surface area contributed by atoms with Crippen molar-refractivity contribution in [2.24, 2.45) is 5.92 Å². The van der Waals surface area contributed by atoms with Crippen molar-refractivity contribution >= 4 is 34.6 Å². The van der Waals surface area contributed by atoms with Crippen molar-refractivity contribution in [1.82, 2.24) is 10.3 Å². The lowest BCUT2D eigenvalue weighted by atomic mass is 9.67. The van der Waals surface area contributed by atoms with Gasteiger partial charge in [0.05, 0.1) is 5.52 Å². The van der Waals surface area contributed by atoms with Gasteiger partial charge in [-0.15, -0.1) is 0 Å². The minimum Gasteiger partial charge on any atom is -0.398 e. The monoisotopic (exact) mass is 327 g/mol. The SMILES string of the molecule is CC1=C[C@H]2Cc3nc4cc(Cl)ccc4c(N)c3[C@@H](C1)[C@H]2NC=O. The molecular formula is C18H18ClN3O. The van der Waals surface area contributed by atoms with Crippen LogP contribution in [0, 0.1) is 5.92 Å². The third kappa shape index (κ3) is 2.20. The maximum Gasteiger partial charge on any atom is 0.207 e. The highest BCUT2D eigenvalue weighted by atomic mass is 35.5. The number of benzene rings is 1. The molecule has 5 heteroatoms. The first-order valence-electron chi connectivity index (χ1n) is 7.83. The van der Waals surface area contributed by atoms with Gasteiger partial charge in [0, 0.05) is 45.2 Å². The summed E-state index contributed by atoms with van der Waals surface area (Å²) >= 11 is 6.09. The van der Waals surface area contributed by atoms with Crippen molar-refractivity contribution in [1.29, 1.82) is 0 Å². The van der Waals surface area contributed by atoms with Crippen LogP contribution in [0.15, 0.2) is 29.8 Å². The van der Waals surface area contributed by atoms with Gasteiger partial charge in [0.1, 0.15) is 0 Å². The number of nitrogens with one attached hydrogen (secondary N) is 1. The van der Waals surface area contributed by atoms with E-state index in [2.05, 4.69) is 18.3 Å². The maximum absolute atomic E-state index is 11.0. The summed E-state index contributed by atoms with van der Waals surface area (Å²) in [5.41, 5.74) is 11.6. The van der Waals surface area contributed by atoms with E-state index in [0.29, 0.717) is 5.02 Å². The van der Waals surface area contributed by atoms with Crippen LogP contribution in [-0.4, -0.2) is 17.4 Å². The number of allylic oxidation sites excluding steroid dienone is 1. The van der Waals surface area contributed by atoms with Crippen LogP contribution in [0.25, 0.3) is 10.9 Å². The van der Waals surface area contributed by atoms with E-state index in [1.165, 1.54) is 5.57 Å². The molecule has 3 N–H and O–H groups in total. The molecule has 2 aromatic rings. The molecule has 4 rings (SSSR count). The molecule has 2 aliphatic carbocycles. The van der Waals surface area contributed by atoms with Gasteiger partial charge in [0.25, 0.3) is 0 Å². The Bertz CT molecular complexity index is 846. The Hall–Kier alpha value is -2.07. The molecule has 2 aliphatic rings. The van der Waals surface area contributed by atoms with Crippen molar-refractivity contribution in [3.8, 4) is 0 Å². The number of hydrogen-bond donors (Lipinski definition) is 2. The molecule has 23 heavy (non-hydrogen) atoms. The number of pyridine rings is 1. The van der Waals surface area contributed by atoms with Gasteiger partial charge in [0.15, 0.2) is 0 Å². The van der Waals surface area contributed by atoms with Gasteiger partial charge in [-0.05, 0) is 38.0 Å². The van der Waals surface area contributed by atoms with Crippen LogP contribution in [-0.2, 0) is 11.2 Å². The van der Waals surface area contributed by atoms with Crippen molar-refractivity contribution in [2.45, 2.75) is 31.7 Å². The smallest absolute Gasteiger partial charge is 0.207 e. The molecule has 3 atom stereocenters. The molecule has 118 valence electrons. The predicted octanol–water partition coefficient (Wildman–Crippen LogP) is 3.19. The first-order chi connectivity index (χ1) is 11.1. The molecule has 0 radical (unpaired) electrons. The summed E-state index contributed by atoms with van der Waals surface area (Å²) in [5, 5.41) is 4.60. The van der Waals surface area contributed by atoms with E-state index in [1.54, 1.807) is 0 Å². The summed E-state index contributed by atoms with van der Waals surface area (Å²) in [5.74, 6) is 0.460. The van der Waals surface area contributed by atoms with Crippen LogP contribution in [0.4, 0.5) is 5.69 Å². The predicted molar refractivity (Wildman–Crippen MR) is 92.5 cm³/mol. The fourth-order valence-corrected chi connectivity index (χ4v) is 4.39. The number of nitrogen functional groups attached to an aromatic ring is 1. The van der Waals surface area contributed by atoms with E-state index in [9.17, 15) is 4.79 Å². The fourth-order valence-electron chi connectivity index (χ4n) is 4.22. The molecule has 0 saturated carbocycles. The second kappa shape index (κ2) is 5.24. The van der Waals surface area contributed by atoms with Gasteiger partial charge < -0.3 is 11.1 Å². The lowest BCUT2D eigenvalue weighted by Gasteiger charge is -2.42. The Morgan fingerprint density at radius 1 is 1.39 bits per heavy atom. The molecule has 1 aromatic heterocycles. The molecule has 0 aliphatic heterocycles. The molecule has 0 saturated heterocycles. The lowest BCUT2D eigenvalue weighted by Crippen LogP contribution is -2.46. The summed E-state index contributed by atoms with van der Waals surface area (Å²) in [6, 6.07) is 5.73. The average molecular weight is 328 g/mol. The fraction of sp³-hybridized carbons (Fsp3) is 0.333. The van der Waals surface area contributed by atoms with Gasteiger partial charge in [-0.3, -0.25) is 9.78 Å². The van der Waals surface area contributed by atoms with E-state index in [-0.39, 0.29) is 17.9 Å². The largest absolute Gasteiger partial charge is 0.398 e. The summed E-state index contributed by atoms with van der Waals surface area (Å²) < 4.78 is 0. The van der Waals surface area contributed by atoms with E-state index < -0.39 is 0 Å². The summed E-state index contributed by atoms with van der Waals surface area (Å²) in [4.78, 5) is 15.9. The molecule has 0 fully saturated rings. The minimum absolute atomic E-state index is 0.0950. The molecule has 2 bridgehead atoms. The van der Waals surface area contributed by atoms with E-state index in [0.717, 1.165) is 47.1 Å². The Kier molecular flexibility index (Phi) is 3.31. The maximum atomic E-state index is 11.0. The number of amides is 1. The molecule has 0 spiro atoms. The van der Waals surface area contributed by atoms with E-state index in [1.807, 2.05) is 18.2 Å². The average Bonchev–Trinajstić information content (AvgIpc) is 2.48. The molecular weight excluding hydrogens is 310 g/mol. The Labute approximate surface area is 139 Å². The van der Waals surface area contributed by atoms with Crippen molar-refractivity contribution < 1.29 is 4.79 Å². The van der Waals surface area contributed by atoms with Crippen LogP contribution < -0.4 is 11.1 Å². The number of carbonyl (C=O) groups is 1. The molecule has 0 unspecified atom stereocenters. The van der Waals surface area contributed by atoms with Crippen LogP contribution in [0.2, 0.25) is 5.02 Å². The Balaban J connectivity index is 1.94. The third-order valence-corrected chi connectivity index (χ3v) is 5.34. The van der Waals surface area contributed by atoms with Gasteiger partial charge in [0.2, 0.25) is 6.41 Å². The zero-order valence-electron chi connectivity index (χ0n) is 12.8. The third-order valence-electron chi connectivity index (χ3n) is 5.10. The topological polar surface area (TPSA) is 68.0 Å². The number of nitrogens with zero attached hydrogens (tertiary/aromatic N) is 1. The Morgan fingerprint density at radius 2 is 2.22 bits per heavy atom. The van der Waals surface area contributed by atoms with Gasteiger partial charge in [-0.2, -0.15) is 0 Å². The van der Waals surface area contributed by atoms with Crippen LogP contribution in [0.3, 0.4) is 0 Å². The second-order valence-electron chi connectivity index (χ2n) is 6.55. The summed E-state index contributed by atoms with van der Waals surface area (Å²) in [7, 11) is 0. The number of nitrogens with two attached hydrogens (primary N) is 1. The van der Waals surface area contributed by atoms with Crippen molar-refractivity contribution in [2.75, 3.05) is 5.73 Å². The molecule has 1 aromatic carbocycles. The van der Waals surface area contributed by atoms with E-state index in [4.69, 9.17) is 22.3 Å². The van der Waals surface area contributed by atoms with Crippen molar-refractivity contribution in [3.63, 3.8) is 0 Å². The molecule has 4 nitrogen and oxygen atoms in total. The quantitative estimate of drug-likeness (QED) is 0.657. The standard InChI is InChI=1S/C18H18ClN3O/c1-9-4-10-6-15-16(13(5-9)18(10)21-8-23)17(20)12-3-2-11(19)7-14(12)22-15/h2-4,7-8,10,13,18H,5-6H2,1H3,(H2,20,22)(H,21,23)/t10-,13+,18-/m0/s1. The van der Waals surface area contributed by atoms with Gasteiger partial charge >= 0.3 is 0 Å². The zero-order chi connectivity index (χ0) is 16.1. The van der Waals surface area contributed by atoms with Crippen LogP contribution in [0.1, 0.15) is 30.5 Å². The highest BCUT2D eigenvalue weighted by molar-refractivity contribution is 6.31. The Morgan fingerprint density at radius 3 is 3.00 bits per heavy atom. The number of aromatic nitrogens is 1. The normalized spacial score (nSPS) is 25.7. The second-order valence-corrected chi connectivity index (χ2v) is 6.99. The first kappa shape index (κ1) is 14.5. The van der Waals surface area contributed by atoms with Crippen LogP contribution in [0.5, 0.6) is 0 Å². The number of hydrogen-bond acceptors (Lipinski definition) is 3. The number of halogens is 1. The highest BCUT2D eigenvalue weighted by Gasteiger charge is 2.40. The minimum atomic E-state index is 0.0950. The van der Waals surface area contributed by atoms with Crippen molar-refractivity contribution in [3.05, 3.63) is 46.1 Å². The summed E-state index contributed by atoms with van der Waals surface area (Å²) in [6.07, 6.45) is 4.76. The first-order valence-corrected chi connectivity index (χ1v) is 8.20. The lowest BCUT2D eigenvalue weighted by molar-refractivity contribution is -0.110. The van der Waals surface area contributed by atoms with E-state index >= 15 is 0 Å². The number of fused-ring (bicyclic) bond motifs is 5. The summed E-state index contributed by atoms with van der Waals surface area (Å²) in [6.45, 7) is 2.15. The number of anilines is 1. The molecule has 1 amide bonds. The zero-order valence-corrected chi connectivity index (χ0v) is 13.6. The highest BCUT2D eigenvalue weighted by Crippen LogP contribution is 2.46. The molecule has 1 heterocycles. The van der Waals surface area contributed by atoms with Gasteiger partial charge in [-0.1, -0.05) is 23.3 Å². The van der Waals surface area contributed by atoms with Crippen LogP contribution >= 0.6 is 11.6 Å². The number of carbonyl (C=O) groups excluding carboxylic acids is 1. The number of rotatable bonds is 2. The van der Waals surface area contributed by atoms with Gasteiger partial charge in [-0.25, -0.2) is 0 Å².